The standard InChI is InChI=1S/C16H13F9O4S/c1-28-11-6-5-10-8-12(4-2-3-9(10)7-11)29-30(26,27)16(24,25)14(19,20)13(17,18)15(21,22)23/h5-8H,2-4H2,1H3. The predicted molar refractivity (Wildman–Crippen MR) is 84.8 cm³/mol. The van der Waals surface area contributed by atoms with Crippen LogP contribution in [-0.4, -0.2) is 38.8 Å². The molecule has 0 N–H and O–H groups in total. The van der Waals surface area contributed by atoms with Gasteiger partial charge < -0.3 is 8.92 Å². The second kappa shape index (κ2) is 7.54. The zero-order valence-corrected chi connectivity index (χ0v) is 15.7. The highest BCUT2D eigenvalue weighted by Gasteiger charge is 2.86. The first-order valence-corrected chi connectivity index (χ1v) is 9.40. The van der Waals surface area contributed by atoms with E-state index < -0.39 is 45.6 Å². The number of methoxy groups -OCH3 is 1. The smallest absolute Gasteiger partial charge is 0.460 e. The summed E-state index contributed by atoms with van der Waals surface area (Å²) in [5, 5.41) is -6.89. The minimum atomic E-state index is -7.35. The molecular formula is C16H13F9O4S. The van der Waals surface area contributed by atoms with Crippen molar-refractivity contribution in [3.05, 3.63) is 35.1 Å². The van der Waals surface area contributed by atoms with Crippen molar-refractivity contribution < 1.29 is 56.9 Å². The molecule has 1 aromatic carbocycles. The van der Waals surface area contributed by atoms with Gasteiger partial charge in [-0.15, -0.1) is 0 Å². The van der Waals surface area contributed by atoms with Crippen molar-refractivity contribution in [2.75, 3.05) is 7.11 Å². The highest BCUT2D eigenvalue weighted by Crippen LogP contribution is 2.55. The van der Waals surface area contributed by atoms with Gasteiger partial charge in [-0.1, -0.05) is 6.07 Å². The van der Waals surface area contributed by atoms with Gasteiger partial charge in [0.2, 0.25) is 0 Å². The first-order chi connectivity index (χ1) is 13.5. The molecule has 0 saturated carbocycles. The van der Waals surface area contributed by atoms with Crippen molar-refractivity contribution in [1.29, 1.82) is 0 Å². The Morgan fingerprint density at radius 3 is 2.03 bits per heavy atom. The van der Waals surface area contributed by atoms with Gasteiger partial charge in [-0.3, -0.25) is 0 Å². The third-order valence-electron chi connectivity index (χ3n) is 4.18. The molecule has 0 unspecified atom stereocenters. The third kappa shape index (κ3) is 3.93. The molecule has 0 radical (unpaired) electrons. The van der Waals surface area contributed by atoms with Gasteiger partial charge >= 0.3 is 33.4 Å². The first-order valence-electron chi connectivity index (χ1n) is 7.99. The number of hydrogen-bond acceptors (Lipinski definition) is 4. The van der Waals surface area contributed by atoms with E-state index in [1.54, 1.807) is 0 Å². The zero-order chi connectivity index (χ0) is 23.2. The lowest BCUT2D eigenvalue weighted by Crippen LogP contribution is -2.63. The molecule has 0 heterocycles. The van der Waals surface area contributed by atoms with Crippen LogP contribution in [0.5, 0.6) is 5.75 Å². The maximum Gasteiger partial charge on any atom is 0.460 e. The maximum absolute atomic E-state index is 13.8. The fourth-order valence-corrected chi connectivity index (χ4v) is 3.50. The number of benzene rings is 1. The SMILES string of the molecule is COc1ccc2c(c1)CCCC(OS(=O)(=O)C(F)(F)C(F)(F)C(F)(F)C(F)(F)F)=C2. The van der Waals surface area contributed by atoms with E-state index in [0.717, 1.165) is 6.08 Å². The Morgan fingerprint density at radius 1 is 0.900 bits per heavy atom. The largest absolute Gasteiger partial charge is 0.497 e. The molecule has 0 atom stereocenters. The van der Waals surface area contributed by atoms with Crippen molar-refractivity contribution >= 4 is 16.2 Å². The lowest BCUT2D eigenvalue weighted by Gasteiger charge is -2.32. The molecule has 0 aromatic heterocycles. The topological polar surface area (TPSA) is 52.6 Å². The Labute approximate surface area is 164 Å². The molecule has 0 amide bonds. The molecule has 30 heavy (non-hydrogen) atoms. The number of allylic oxidation sites excluding steroid dienone is 1. The summed E-state index contributed by atoms with van der Waals surface area (Å²) in [4.78, 5) is 0. The first kappa shape index (κ1) is 24.2. The average Bonchev–Trinajstić information content (AvgIpc) is 2.80. The van der Waals surface area contributed by atoms with Crippen molar-refractivity contribution in [1.82, 2.24) is 0 Å². The van der Waals surface area contributed by atoms with Gasteiger partial charge in [-0.2, -0.15) is 47.9 Å². The van der Waals surface area contributed by atoms with Crippen molar-refractivity contribution in [3.8, 4) is 5.75 Å². The van der Waals surface area contributed by atoms with Gasteiger partial charge in [0.1, 0.15) is 11.5 Å². The summed E-state index contributed by atoms with van der Waals surface area (Å²) in [5.41, 5.74) is 0.778. The molecule has 1 aliphatic carbocycles. The molecule has 2 rings (SSSR count). The lowest BCUT2D eigenvalue weighted by molar-refractivity contribution is -0.382. The molecule has 0 aliphatic heterocycles. The second-order valence-corrected chi connectivity index (χ2v) is 7.82. The van der Waals surface area contributed by atoms with E-state index in [1.807, 2.05) is 0 Å². The van der Waals surface area contributed by atoms with Crippen LogP contribution in [0.15, 0.2) is 24.0 Å². The van der Waals surface area contributed by atoms with Gasteiger partial charge in [0.25, 0.3) is 0 Å². The van der Waals surface area contributed by atoms with Gasteiger partial charge in [0, 0.05) is 6.42 Å². The Hall–Kier alpha value is -2.12. The number of aryl methyl sites for hydroxylation is 1. The van der Waals surface area contributed by atoms with Crippen LogP contribution in [0.1, 0.15) is 24.0 Å². The van der Waals surface area contributed by atoms with Crippen LogP contribution >= 0.6 is 0 Å². The van der Waals surface area contributed by atoms with Crippen LogP contribution in [0.4, 0.5) is 39.5 Å². The van der Waals surface area contributed by atoms with Crippen LogP contribution in [0.25, 0.3) is 6.08 Å². The van der Waals surface area contributed by atoms with E-state index in [0.29, 0.717) is 11.3 Å². The minimum absolute atomic E-state index is 0.0716. The van der Waals surface area contributed by atoms with Gasteiger partial charge in [-0.25, -0.2) is 0 Å². The van der Waals surface area contributed by atoms with E-state index in [9.17, 15) is 47.9 Å². The quantitative estimate of drug-likeness (QED) is 0.425. The maximum atomic E-state index is 13.8. The predicted octanol–water partition coefficient (Wildman–Crippen LogP) is 5.14. The monoisotopic (exact) mass is 472 g/mol. The molecule has 0 bridgehead atoms. The normalized spacial score (nSPS) is 16.4. The molecule has 1 aliphatic rings. The van der Waals surface area contributed by atoms with E-state index in [-0.39, 0.29) is 18.4 Å². The number of halogens is 9. The minimum Gasteiger partial charge on any atom is -0.497 e. The molecule has 4 nitrogen and oxygen atoms in total. The fourth-order valence-electron chi connectivity index (χ4n) is 2.54. The van der Waals surface area contributed by atoms with Crippen LogP contribution in [0, 0.1) is 0 Å². The third-order valence-corrected chi connectivity index (χ3v) is 5.50. The van der Waals surface area contributed by atoms with Crippen LogP contribution in [0.3, 0.4) is 0 Å². The Kier molecular flexibility index (Phi) is 6.07. The molecule has 14 heteroatoms. The number of hydrogen-bond donors (Lipinski definition) is 0. The molecule has 0 spiro atoms. The summed E-state index contributed by atoms with van der Waals surface area (Å²) in [6.45, 7) is 0. The molecule has 170 valence electrons. The average molecular weight is 472 g/mol. The highest BCUT2D eigenvalue weighted by atomic mass is 32.2. The van der Waals surface area contributed by atoms with Crippen molar-refractivity contribution in [3.63, 3.8) is 0 Å². The Bertz CT molecular complexity index is 937. The van der Waals surface area contributed by atoms with Gasteiger partial charge in [0.15, 0.2) is 0 Å². The Morgan fingerprint density at radius 2 is 1.50 bits per heavy atom. The fraction of sp³-hybridized carbons (Fsp3) is 0.500. The summed E-state index contributed by atoms with van der Waals surface area (Å²) in [6, 6.07) is 4.29. The van der Waals surface area contributed by atoms with Crippen LogP contribution < -0.4 is 4.74 Å². The van der Waals surface area contributed by atoms with Gasteiger partial charge in [0.05, 0.1) is 7.11 Å². The number of fused-ring (bicyclic) bond motifs is 1. The van der Waals surface area contributed by atoms with Gasteiger partial charge in [-0.05, 0) is 42.2 Å². The summed E-state index contributed by atoms with van der Waals surface area (Å²) in [5.74, 6) is -15.1. The van der Waals surface area contributed by atoms with Crippen molar-refractivity contribution in [2.24, 2.45) is 0 Å². The number of alkyl halides is 9. The molecular weight excluding hydrogens is 459 g/mol. The Balaban J connectivity index is 2.42. The second-order valence-electron chi connectivity index (χ2n) is 6.23. The summed E-state index contributed by atoms with van der Waals surface area (Å²) in [7, 11) is -5.59. The zero-order valence-electron chi connectivity index (χ0n) is 14.9. The lowest BCUT2D eigenvalue weighted by atomic mass is 10.0. The summed E-state index contributed by atoms with van der Waals surface area (Å²) >= 11 is 0. The summed E-state index contributed by atoms with van der Waals surface area (Å²) < 4.78 is 149. The van der Waals surface area contributed by atoms with E-state index in [1.165, 1.54) is 25.3 Å². The molecule has 0 fully saturated rings. The number of rotatable bonds is 6. The van der Waals surface area contributed by atoms with E-state index in [2.05, 4.69) is 4.18 Å². The summed E-state index contributed by atoms with van der Waals surface area (Å²) in [6.07, 6.45) is -6.32. The highest BCUT2D eigenvalue weighted by molar-refractivity contribution is 7.88. The molecule has 1 aromatic rings. The van der Waals surface area contributed by atoms with Crippen molar-refractivity contribution in [2.45, 2.75) is 42.5 Å². The van der Waals surface area contributed by atoms with Crippen LogP contribution in [-0.2, 0) is 20.7 Å². The van der Waals surface area contributed by atoms with E-state index >= 15 is 0 Å². The van der Waals surface area contributed by atoms with Crippen LogP contribution in [0.2, 0.25) is 0 Å². The number of ether oxygens (including phenoxy) is 1. The molecule has 0 saturated heterocycles. The van der Waals surface area contributed by atoms with E-state index in [4.69, 9.17) is 4.74 Å².